The number of rotatable bonds is 9. The predicted molar refractivity (Wildman–Crippen MR) is 127 cm³/mol. The Kier molecular flexibility index (Phi) is 12.1. The number of hydrogen-bond donors (Lipinski definition) is 1. The van der Waals surface area contributed by atoms with E-state index in [0.717, 1.165) is 70.5 Å². The molecule has 0 radical (unpaired) electrons. The molecule has 0 spiro atoms. The van der Waals surface area contributed by atoms with Gasteiger partial charge in [0.25, 0.3) is 0 Å². The van der Waals surface area contributed by atoms with Gasteiger partial charge in [0, 0.05) is 32.8 Å². The van der Waals surface area contributed by atoms with Gasteiger partial charge in [0.2, 0.25) is 0 Å². The summed E-state index contributed by atoms with van der Waals surface area (Å²) in [6.07, 6.45) is 15.1. The van der Waals surface area contributed by atoms with Crippen molar-refractivity contribution in [2.45, 2.75) is 89.8 Å². The Morgan fingerprint density at radius 2 is 1.86 bits per heavy atom. The Bertz CT molecular complexity index is 429. The van der Waals surface area contributed by atoms with E-state index in [1.807, 2.05) is 0 Å². The van der Waals surface area contributed by atoms with E-state index in [2.05, 4.69) is 17.1 Å². The molecule has 3 fully saturated rings. The minimum Gasteiger partial charge on any atom is -0.376 e. The molecule has 6 heteroatoms. The number of ether oxygens (including phenoxy) is 2. The van der Waals surface area contributed by atoms with Gasteiger partial charge in [-0.3, -0.25) is 4.99 Å². The molecule has 1 aliphatic carbocycles. The lowest BCUT2D eigenvalue weighted by atomic mass is 10.0. The molecule has 1 N–H and O–H groups in total. The topological polar surface area (TPSA) is 46.1 Å². The van der Waals surface area contributed by atoms with Crippen LogP contribution in [0.3, 0.4) is 0 Å². The van der Waals surface area contributed by atoms with Crippen LogP contribution >= 0.6 is 24.0 Å². The van der Waals surface area contributed by atoms with Crippen LogP contribution in [0.15, 0.2) is 4.99 Å². The average Bonchev–Trinajstić information content (AvgIpc) is 3.40. The normalized spacial score (nSPS) is 24.5. The zero-order chi connectivity index (χ0) is 18.7. The van der Waals surface area contributed by atoms with Crippen LogP contribution in [0.25, 0.3) is 0 Å². The number of nitrogens with zero attached hydrogens (tertiary/aromatic N) is 2. The maximum atomic E-state index is 6.10. The zero-order valence-corrected chi connectivity index (χ0v) is 20.2. The minimum atomic E-state index is 0. The van der Waals surface area contributed by atoms with E-state index in [4.69, 9.17) is 14.5 Å². The van der Waals surface area contributed by atoms with Crippen molar-refractivity contribution in [3.63, 3.8) is 0 Å². The number of nitrogens with one attached hydrogen (secondary N) is 1. The van der Waals surface area contributed by atoms with Gasteiger partial charge in [-0.2, -0.15) is 0 Å². The van der Waals surface area contributed by atoms with E-state index in [1.54, 1.807) is 0 Å². The fourth-order valence-corrected chi connectivity index (χ4v) is 4.71. The summed E-state index contributed by atoms with van der Waals surface area (Å²) >= 11 is 0. The number of likely N-dealkylation sites (tertiary alicyclic amines) is 1. The number of unbranched alkanes of at least 4 members (excludes halogenated alkanes) is 1. The van der Waals surface area contributed by atoms with Gasteiger partial charge in [-0.15, -0.1) is 24.0 Å². The Balaban J connectivity index is 0.00000280. The first-order valence-corrected chi connectivity index (χ1v) is 11.6. The summed E-state index contributed by atoms with van der Waals surface area (Å²) in [6, 6.07) is 0. The second-order valence-electron chi connectivity index (χ2n) is 8.54. The molecular weight excluding hydrogens is 465 g/mol. The molecule has 2 heterocycles. The first-order valence-electron chi connectivity index (χ1n) is 11.6. The van der Waals surface area contributed by atoms with Crippen LogP contribution in [0.1, 0.15) is 77.6 Å². The number of piperidine rings is 1. The highest BCUT2D eigenvalue weighted by molar-refractivity contribution is 14.0. The summed E-state index contributed by atoms with van der Waals surface area (Å²) in [6.45, 7) is 7.84. The molecule has 0 aromatic rings. The van der Waals surface area contributed by atoms with Gasteiger partial charge in [0.05, 0.1) is 18.8 Å². The molecule has 0 bridgehead atoms. The van der Waals surface area contributed by atoms with Crippen LogP contribution in [0, 0.1) is 5.92 Å². The SMILES string of the molecule is CCNC(=NCCCCC1CCCC1)N1CCC(OCC2CCCO2)CC1.I. The lowest BCUT2D eigenvalue weighted by Gasteiger charge is -2.34. The van der Waals surface area contributed by atoms with E-state index in [0.29, 0.717) is 12.2 Å². The van der Waals surface area contributed by atoms with Crippen LogP contribution in [0.5, 0.6) is 0 Å². The van der Waals surface area contributed by atoms with Gasteiger partial charge in [-0.25, -0.2) is 0 Å². The van der Waals surface area contributed by atoms with Gasteiger partial charge >= 0.3 is 0 Å². The van der Waals surface area contributed by atoms with Crippen molar-refractivity contribution in [1.29, 1.82) is 0 Å². The van der Waals surface area contributed by atoms with Crippen LogP contribution in [-0.4, -0.2) is 62.5 Å². The van der Waals surface area contributed by atoms with E-state index in [9.17, 15) is 0 Å². The van der Waals surface area contributed by atoms with Gasteiger partial charge < -0.3 is 19.7 Å². The molecule has 3 aliphatic rings. The largest absolute Gasteiger partial charge is 0.376 e. The Morgan fingerprint density at radius 3 is 2.54 bits per heavy atom. The highest BCUT2D eigenvalue weighted by Gasteiger charge is 2.24. The molecular formula is C22H42IN3O2. The van der Waals surface area contributed by atoms with Crippen molar-refractivity contribution in [3.05, 3.63) is 0 Å². The van der Waals surface area contributed by atoms with Crippen LogP contribution in [-0.2, 0) is 9.47 Å². The highest BCUT2D eigenvalue weighted by Crippen LogP contribution is 2.28. The fraction of sp³-hybridized carbons (Fsp3) is 0.955. The average molecular weight is 508 g/mol. The third kappa shape index (κ3) is 8.34. The van der Waals surface area contributed by atoms with E-state index < -0.39 is 0 Å². The standard InChI is InChI=1S/C22H41N3O2.HI/c1-2-23-22(24-14-6-5-10-19-8-3-4-9-19)25-15-12-20(13-16-25)27-18-21-11-7-17-26-21;/h19-21H,2-18H2,1H3,(H,23,24);1H. The summed E-state index contributed by atoms with van der Waals surface area (Å²) in [5, 5.41) is 3.49. The van der Waals surface area contributed by atoms with Crippen molar-refractivity contribution < 1.29 is 9.47 Å². The third-order valence-electron chi connectivity index (χ3n) is 6.38. The maximum absolute atomic E-state index is 6.10. The summed E-state index contributed by atoms with van der Waals surface area (Å²) in [4.78, 5) is 7.33. The molecule has 28 heavy (non-hydrogen) atoms. The Morgan fingerprint density at radius 1 is 1.07 bits per heavy atom. The Hall–Kier alpha value is -0.0800. The predicted octanol–water partition coefficient (Wildman–Crippen LogP) is 4.59. The summed E-state index contributed by atoms with van der Waals surface area (Å²) < 4.78 is 11.8. The molecule has 0 amide bonds. The van der Waals surface area contributed by atoms with Crippen LogP contribution < -0.4 is 5.32 Å². The van der Waals surface area contributed by atoms with Crippen molar-refractivity contribution in [3.8, 4) is 0 Å². The van der Waals surface area contributed by atoms with Crippen LogP contribution in [0.4, 0.5) is 0 Å². The molecule has 2 saturated heterocycles. The maximum Gasteiger partial charge on any atom is 0.193 e. The lowest BCUT2D eigenvalue weighted by molar-refractivity contribution is -0.0367. The first kappa shape index (κ1) is 24.2. The second kappa shape index (κ2) is 14.0. The summed E-state index contributed by atoms with van der Waals surface area (Å²) in [5.74, 6) is 2.12. The van der Waals surface area contributed by atoms with Crippen molar-refractivity contribution in [2.75, 3.05) is 39.4 Å². The molecule has 0 aromatic heterocycles. The number of guanidine groups is 1. The smallest absolute Gasteiger partial charge is 0.193 e. The molecule has 0 aromatic carbocycles. The summed E-state index contributed by atoms with van der Waals surface area (Å²) in [5.41, 5.74) is 0. The minimum absolute atomic E-state index is 0. The van der Waals surface area contributed by atoms with Gasteiger partial charge in [-0.05, 0) is 44.9 Å². The first-order chi connectivity index (χ1) is 13.3. The van der Waals surface area contributed by atoms with Crippen LogP contribution in [0.2, 0.25) is 0 Å². The van der Waals surface area contributed by atoms with Gasteiger partial charge in [-0.1, -0.05) is 38.5 Å². The molecule has 1 atom stereocenters. The molecule has 1 unspecified atom stereocenters. The molecule has 1 saturated carbocycles. The Labute approximate surface area is 189 Å². The zero-order valence-electron chi connectivity index (χ0n) is 17.9. The fourth-order valence-electron chi connectivity index (χ4n) is 4.71. The molecule has 3 rings (SSSR count). The van der Waals surface area contributed by atoms with Crippen molar-refractivity contribution in [2.24, 2.45) is 10.9 Å². The summed E-state index contributed by atoms with van der Waals surface area (Å²) in [7, 11) is 0. The quantitative estimate of drug-likeness (QED) is 0.215. The highest BCUT2D eigenvalue weighted by atomic mass is 127. The van der Waals surface area contributed by atoms with E-state index in [-0.39, 0.29) is 24.0 Å². The van der Waals surface area contributed by atoms with Crippen molar-refractivity contribution >= 4 is 29.9 Å². The number of hydrogen-bond acceptors (Lipinski definition) is 3. The monoisotopic (exact) mass is 507 g/mol. The van der Waals surface area contributed by atoms with Gasteiger partial charge in [0.15, 0.2) is 5.96 Å². The van der Waals surface area contributed by atoms with Crippen molar-refractivity contribution in [1.82, 2.24) is 10.2 Å². The number of aliphatic imine (C=N–C) groups is 1. The third-order valence-corrected chi connectivity index (χ3v) is 6.38. The lowest BCUT2D eigenvalue weighted by Crippen LogP contribution is -2.47. The van der Waals surface area contributed by atoms with Gasteiger partial charge in [0.1, 0.15) is 0 Å². The van der Waals surface area contributed by atoms with E-state index in [1.165, 1.54) is 51.4 Å². The number of halogens is 1. The van der Waals surface area contributed by atoms with E-state index >= 15 is 0 Å². The second-order valence-corrected chi connectivity index (χ2v) is 8.54. The molecule has 5 nitrogen and oxygen atoms in total. The molecule has 164 valence electrons. The molecule has 2 aliphatic heterocycles.